The van der Waals surface area contributed by atoms with Gasteiger partial charge in [0.2, 0.25) is 0 Å². The van der Waals surface area contributed by atoms with Crippen molar-refractivity contribution < 1.29 is 144 Å². The van der Waals surface area contributed by atoms with Crippen LogP contribution in [0.5, 0.6) is 0 Å². The number of alkyl halides is 30. The summed E-state index contributed by atoms with van der Waals surface area (Å²) in [4.78, 5) is 0. The summed E-state index contributed by atoms with van der Waals surface area (Å²) in [7, 11) is -36.8. The Morgan fingerprint density at radius 2 is 0.271 bits per heavy atom. The Labute approximate surface area is 241 Å². The largest absolute Gasteiger partial charge is 0.494 e. The first-order valence-corrected chi connectivity index (χ1v) is 15.3. The fourth-order valence-corrected chi connectivity index (χ4v) is 19.2. The van der Waals surface area contributed by atoms with Crippen molar-refractivity contribution in [1.29, 1.82) is 0 Å². The third-order valence-corrected chi connectivity index (χ3v) is 19.0. The van der Waals surface area contributed by atoms with Gasteiger partial charge in [-0.2, -0.15) is 132 Å². The van der Waals surface area contributed by atoms with E-state index in [-0.39, 0.29) is 0 Å². The van der Waals surface area contributed by atoms with Crippen LogP contribution in [-0.2, 0) is 12.3 Å². The summed E-state index contributed by atoms with van der Waals surface area (Å²) >= 11 is 0. The van der Waals surface area contributed by atoms with Gasteiger partial charge in [-0.15, -0.1) is 0 Å². The Hall–Kier alpha value is -1.57. The van der Waals surface area contributed by atoms with Crippen molar-refractivity contribution in [3.05, 3.63) is 0 Å². The molecule has 0 N–H and O–H groups in total. The van der Waals surface area contributed by atoms with E-state index < -0.39 is 96.0 Å². The molecular formula is C12F30O3Si3. The summed E-state index contributed by atoms with van der Waals surface area (Å²) in [6.45, 7) is 0. The third-order valence-electron chi connectivity index (χ3n) is 5.48. The molecule has 1 aliphatic rings. The first-order valence-electron chi connectivity index (χ1n) is 9.89. The minimum absolute atomic E-state index is 1.48. The Morgan fingerprint density at radius 3 is 0.333 bits per heavy atom. The smallest absolute Gasteiger partial charge is 0.400 e. The maximum absolute atomic E-state index is 14.5. The maximum Gasteiger partial charge on any atom is 0.494 e. The highest BCUT2D eigenvalue weighted by Gasteiger charge is 3.07. The lowest BCUT2D eigenvalue weighted by molar-refractivity contribution is -0.322. The van der Waals surface area contributed by atoms with Crippen molar-refractivity contribution in [1.82, 2.24) is 0 Å². The summed E-state index contributed by atoms with van der Waals surface area (Å²) < 4.78 is 416. The molecule has 3 nitrogen and oxygen atoms in total. The third kappa shape index (κ3) is 5.41. The van der Waals surface area contributed by atoms with Crippen molar-refractivity contribution in [3.63, 3.8) is 0 Å². The molecule has 0 amide bonds. The van der Waals surface area contributed by atoms with Crippen molar-refractivity contribution in [2.75, 3.05) is 0 Å². The zero-order chi connectivity index (χ0) is 39.6. The maximum atomic E-state index is 14.5. The van der Waals surface area contributed by atoms with Crippen LogP contribution in [0.3, 0.4) is 0 Å². The Kier molecular flexibility index (Phi) is 9.94. The van der Waals surface area contributed by atoms with Gasteiger partial charge in [0.05, 0.1) is 0 Å². The van der Waals surface area contributed by atoms with Gasteiger partial charge in [0, 0.05) is 0 Å². The second kappa shape index (κ2) is 10.7. The molecule has 1 heterocycles. The molecule has 1 aliphatic heterocycles. The quantitative estimate of drug-likeness (QED) is 0.198. The van der Waals surface area contributed by atoms with Crippen molar-refractivity contribution in [2.45, 2.75) is 70.3 Å². The molecule has 288 valence electrons. The van der Waals surface area contributed by atoms with Crippen LogP contribution in [0.2, 0.25) is 0 Å². The molecule has 0 spiro atoms. The lowest BCUT2D eigenvalue weighted by Crippen LogP contribution is -2.97. The van der Waals surface area contributed by atoms with Gasteiger partial charge < -0.3 is 12.3 Å². The summed E-state index contributed by atoms with van der Waals surface area (Å²) in [5.41, 5.74) is -57.4. The Bertz CT molecular complexity index is 960. The van der Waals surface area contributed by atoms with Crippen LogP contribution < -0.4 is 0 Å². The number of hydrogen-bond acceptors (Lipinski definition) is 3. The second-order valence-corrected chi connectivity index (χ2v) is 18.5. The zero-order valence-corrected chi connectivity index (χ0v) is 23.1. The Morgan fingerprint density at radius 1 is 0.188 bits per heavy atom. The molecule has 0 radical (unpaired) electrons. The topological polar surface area (TPSA) is 27.7 Å². The van der Waals surface area contributed by atoms with Crippen LogP contribution in [-0.4, -0.2) is 96.0 Å². The first kappa shape index (κ1) is 44.5. The average molecular weight is 846 g/mol. The number of hydrogen-bond donors (Lipinski definition) is 0. The molecule has 1 saturated heterocycles. The molecule has 0 aromatic carbocycles. The molecule has 1 rings (SSSR count). The van der Waals surface area contributed by atoms with E-state index in [1.807, 2.05) is 0 Å². The molecule has 0 aliphatic carbocycles. The van der Waals surface area contributed by atoms with Crippen LogP contribution in [0.25, 0.3) is 0 Å². The summed E-state index contributed by atoms with van der Waals surface area (Å²) in [5, 5.41) is 0. The van der Waals surface area contributed by atoms with Gasteiger partial charge in [-0.1, -0.05) is 0 Å². The highest BCUT2D eigenvalue weighted by atomic mass is 28.5. The summed E-state index contributed by atoms with van der Waals surface area (Å²) in [6.07, 6.45) is -54.1. The monoisotopic (exact) mass is 846 g/mol. The zero-order valence-electron chi connectivity index (χ0n) is 20.1. The molecule has 0 saturated carbocycles. The molecule has 1 fully saturated rings. The highest BCUT2D eigenvalue weighted by Crippen LogP contribution is 2.68. The van der Waals surface area contributed by atoms with Gasteiger partial charge in [-0.3, -0.25) is 0 Å². The predicted octanol–water partition coefficient (Wildman–Crippen LogP) is 8.80. The highest BCUT2D eigenvalue weighted by molar-refractivity contribution is 6.99. The van der Waals surface area contributed by atoms with Crippen molar-refractivity contribution >= 4 is 25.7 Å². The molecular weight excluding hydrogens is 846 g/mol. The minimum Gasteiger partial charge on any atom is -0.400 e. The molecule has 0 atom stereocenters. The van der Waals surface area contributed by atoms with Crippen molar-refractivity contribution in [2.24, 2.45) is 0 Å². The lowest BCUT2D eigenvalue weighted by atomic mass is 10.7. The van der Waals surface area contributed by atoms with Crippen LogP contribution in [0.15, 0.2) is 0 Å². The van der Waals surface area contributed by atoms with Gasteiger partial charge in [-0.05, 0) is 0 Å². The van der Waals surface area contributed by atoms with E-state index in [0.717, 1.165) is 0 Å². The van der Waals surface area contributed by atoms with Crippen LogP contribution >= 0.6 is 0 Å². The SMILES string of the molecule is FC(F)(F)C(F)(F)[Si]1(C(F)(F)C(F)(F)F)O[Si](C(F)(F)C(F)(F)F)(C(F)(F)C(F)(F)F)O[Si](C(F)(F)C(F)(F)F)(C(F)(F)C(F)(F)F)O1. The second-order valence-electron chi connectivity index (χ2n) is 8.59. The standard InChI is InChI=1S/C12F30O3Si3/c13-1(14,15)7(31,32)46(8(33,34)2(16,17)18)43-47(9(35,36)3(19,20)21,10(37,38)4(22,23)24)45-48(44-46,11(39,40)5(25,26)27)12(41,42)6(28,29)30. The van der Waals surface area contributed by atoms with E-state index >= 15 is 0 Å². The number of halogens is 30. The normalized spacial score (nSPS) is 21.4. The minimum atomic E-state index is -12.3. The predicted molar refractivity (Wildman–Crippen MR) is 86.5 cm³/mol. The summed E-state index contributed by atoms with van der Waals surface area (Å²) in [6, 6.07) is 0. The lowest BCUT2D eigenvalue weighted by Gasteiger charge is -2.59. The van der Waals surface area contributed by atoms with Gasteiger partial charge in [0.15, 0.2) is 0 Å². The Balaban J connectivity index is 5.35. The fourth-order valence-electron chi connectivity index (χ4n) is 3.15. The van der Waals surface area contributed by atoms with E-state index in [1.165, 1.54) is 12.3 Å². The van der Waals surface area contributed by atoms with E-state index in [0.29, 0.717) is 0 Å². The fraction of sp³-hybridized carbons (Fsp3) is 1.00. The first-order chi connectivity index (χ1) is 20.1. The molecule has 0 unspecified atom stereocenters. The van der Waals surface area contributed by atoms with E-state index in [9.17, 15) is 132 Å². The van der Waals surface area contributed by atoms with E-state index in [1.54, 1.807) is 0 Å². The van der Waals surface area contributed by atoms with Crippen LogP contribution in [0, 0.1) is 0 Å². The van der Waals surface area contributed by atoms with Crippen LogP contribution in [0.1, 0.15) is 0 Å². The van der Waals surface area contributed by atoms with Gasteiger partial charge in [0.1, 0.15) is 0 Å². The van der Waals surface area contributed by atoms with Gasteiger partial charge in [0.25, 0.3) is 0 Å². The van der Waals surface area contributed by atoms with E-state index in [2.05, 4.69) is 0 Å². The van der Waals surface area contributed by atoms with Crippen LogP contribution in [0.4, 0.5) is 132 Å². The van der Waals surface area contributed by atoms with Gasteiger partial charge >= 0.3 is 96.0 Å². The molecule has 0 bridgehead atoms. The number of rotatable bonds is 6. The van der Waals surface area contributed by atoms with Crippen molar-refractivity contribution in [3.8, 4) is 0 Å². The summed E-state index contributed by atoms with van der Waals surface area (Å²) in [5.74, 6) is 0. The molecule has 48 heavy (non-hydrogen) atoms. The average Bonchev–Trinajstić information content (AvgIpc) is 2.78. The van der Waals surface area contributed by atoms with Gasteiger partial charge in [-0.25, -0.2) is 0 Å². The van der Waals surface area contributed by atoms with E-state index in [4.69, 9.17) is 0 Å². The molecule has 0 aromatic rings. The molecule has 36 heteroatoms. The molecule has 0 aromatic heterocycles.